The number of carbonyl (C=O) groups is 2. The fourth-order valence-electron chi connectivity index (χ4n) is 2.08. The Hall–Kier alpha value is -1.14. The van der Waals surface area contributed by atoms with Gasteiger partial charge in [-0.2, -0.15) is 0 Å². The van der Waals surface area contributed by atoms with Crippen LogP contribution in [0.3, 0.4) is 0 Å². The average Bonchev–Trinajstić information content (AvgIpc) is 2.46. The Morgan fingerprint density at radius 2 is 1.70 bits per heavy atom. The Bertz CT molecular complexity index is 302. The third-order valence-electron chi connectivity index (χ3n) is 3.44. The Balaban J connectivity index is 2.12. The third kappa shape index (κ3) is 6.86. The Morgan fingerprint density at radius 1 is 1.05 bits per heavy atom. The Labute approximate surface area is 121 Å². The molecule has 6 heteroatoms. The van der Waals surface area contributed by atoms with Crippen molar-refractivity contribution in [3.63, 3.8) is 0 Å². The number of methoxy groups -OCH3 is 1. The van der Waals surface area contributed by atoms with Crippen molar-refractivity contribution < 1.29 is 19.1 Å². The molecule has 0 bridgehead atoms. The maximum atomic E-state index is 11.6. The molecule has 0 saturated carbocycles. The van der Waals surface area contributed by atoms with Crippen molar-refractivity contribution in [1.82, 2.24) is 9.80 Å². The van der Waals surface area contributed by atoms with Gasteiger partial charge in [-0.25, -0.2) is 0 Å². The van der Waals surface area contributed by atoms with E-state index in [9.17, 15) is 9.59 Å². The van der Waals surface area contributed by atoms with Crippen LogP contribution in [0.5, 0.6) is 0 Å². The minimum atomic E-state index is -0.174. The van der Waals surface area contributed by atoms with Gasteiger partial charge in [0.1, 0.15) is 0 Å². The van der Waals surface area contributed by atoms with Gasteiger partial charge >= 0.3 is 11.9 Å². The lowest BCUT2D eigenvalue weighted by Gasteiger charge is -2.33. The van der Waals surface area contributed by atoms with Crippen molar-refractivity contribution in [3.05, 3.63) is 0 Å². The topological polar surface area (TPSA) is 59.1 Å². The number of ether oxygens (including phenoxy) is 2. The standard InChI is InChI=1S/C14H26N2O4/c1-3-4-11-20-14(18)12-16-9-7-15(8-10-16)6-5-13(17)19-2/h3-12H2,1-2H3. The highest BCUT2D eigenvalue weighted by atomic mass is 16.5. The molecule has 1 aliphatic heterocycles. The minimum Gasteiger partial charge on any atom is -0.469 e. The second-order valence-electron chi connectivity index (χ2n) is 5.02. The molecule has 1 aliphatic rings. The van der Waals surface area contributed by atoms with Crippen LogP contribution in [0.1, 0.15) is 26.2 Å². The SMILES string of the molecule is CCCCOC(=O)CN1CCN(CCC(=O)OC)CC1. The lowest BCUT2D eigenvalue weighted by Crippen LogP contribution is -2.48. The van der Waals surface area contributed by atoms with Crippen molar-refractivity contribution in [2.75, 3.05) is 53.0 Å². The molecule has 1 rings (SSSR count). The smallest absolute Gasteiger partial charge is 0.320 e. The normalized spacial score (nSPS) is 16.9. The molecular weight excluding hydrogens is 260 g/mol. The second-order valence-corrected chi connectivity index (χ2v) is 5.02. The zero-order chi connectivity index (χ0) is 14.8. The number of nitrogens with zero attached hydrogens (tertiary/aromatic N) is 2. The van der Waals surface area contributed by atoms with Gasteiger partial charge in [0, 0.05) is 32.7 Å². The highest BCUT2D eigenvalue weighted by Crippen LogP contribution is 2.03. The first-order chi connectivity index (χ1) is 9.65. The predicted molar refractivity (Wildman–Crippen MR) is 75.4 cm³/mol. The van der Waals surface area contributed by atoms with Crippen LogP contribution in [0.15, 0.2) is 0 Å². The minimum absolute atomic E-state index is 0.138. The highest BCUT2D eigenvalue weighted by molar-refractivity contribution is 5.71. The van der Waals surface area contributed by atoms with Crippen LogP contribution in [0.2, 0.25) is 0 Å². The molecule has 0 aromatic carbocycles. The summed E-state index contributed by atoms with van der Waals surface area (Å²) in [6.45, 7) is 7.11. The van der Waals surface area contributed by atoms with E-state index in [1.807, 2.05) is 0 Å². The molecule has 0 aliphatic carbocycles. The summed E-state index contributed by atoms with van der Waals surface area (Å²) in [5.41, 5.74) is 0. The quantitative estimate of drug-likeness (QED) is 0.479. The summed E-state index contributed by atoms with van der Waals surface area (Å²) in [5.74, 6) is -0.312. The molecule has 1 heterocycles. The first kappa shape index (κ1) is 16.9. The van der Waals surface area contributed by atoms with E-state index in [-0.39, 0.29) is 11.9 Å². The third-order valence-corrected chi connectivity index (χ3v) is 3.44. The van der Waals surface area contributed by atoms with Gasteiger partial charge in [-0.15, -0.1) is 0 Å². The fraction of sp³-hybridized carbons (Fsp3) is 0.857. The molecule has 20 heavy (non-hydrogen) atoms. The van der Waals surface area contributed by atoms with E-state index in [0.29, 0.717) is 19.6 Å². The maximum Gasteiger partial charge on any atom is 0.320 e. The molecule has 1 saturated heterocycles. The molecule has 0 amide bonds. The van der Waals surface area contributed by atoms with Crippen molar-refractivity contribution in [2.45, 2.75) is 26.2 Å². The van der Waals surface area contributed by atoms with Gasteiger partial charge in [0.15, 0.2) is 0 Å². The average molecular weight is 286 g/mol. The number of hydrogen-bond donors (Lipinski definition) is 0. The van der Waals surface area contributed by atoms with Crippen LogP contribution < -0.4 is 0 Å². The first-order valence-electron chi connectivity index (χ1n) is 7.33. The molecule has 0 radical (unpaired) electrons. The predicted octanol–water partition coefficient (Wildman–Crippen LogP) is 0.510. The maximum absolute atomic E-state index is 11.6. The van der Waals surface area contributed by atoms with E-state index < -0.39 is 0 Å². The first-order valence-corrected chi connectivity index (χ1v) is 7.33. The lowest BCUT2D eigenvalue weighted by molar-refractivity contribution is -0.145. The molecule has 0 spiro atoms. The number of carbonyl (C=O) groups excluding carboxylic acids is 2. The summed E-state index contributed by atoms with van der Waals surface area (Å²) in [7, 11) is 1.41. The summed E-state index contributed by atoms with van der Waals surface area (Å²) in [5, 5.41) is 0. The van der Waals surface area contributed by atoms with Gasteiger partial charge in [-0.05, 0) is 6.42 Å². The number of piperazine rings is 1. The van der Waals surface area contributed by atoms with E-state index in [0.717, 1.165) is 45.6 Å². The molecule has 6 nitrogen and oxygen atoms in total. The summed E-state index contributed by atoms with van der Waals surface area (Å²) < 4.78 is 9.77. The largest absolute Gasteiger partial charge is 0.469 e. The summed E-state index contributed by atoms with van der Waals surface area (Å²) >= 11 is 0. The highest BCUT2D eigenvalue weighted by Gasteiger charge is 2.19. The zero-order valence-corrected chi connectivity index (χ0v) is 12.6. The lowest BCUT2D eigenvalue weighted by atomic mass is 10.3. The van der Waals surface area contributed by atoms with E-state index >= 15 is 0 Å². The molecule has 0 atom stereocenters. The molecular formula is C14H26N2O4. The van der Waals surface area contributed by atoms with Crippen molar-refractivity contribution in [3.8, 4) is 0 Å². The van der Waals surface area contributed by atoms with Crippen LogP contribution in [-0.2, 0) is 19.1 Å². The van der Waals surface area contributed by atoms with Crippen molar-refractivity contribution in [2.24, 2.45) is 0 Å². The van der Waals surface area contributed by atoms with Gasteiger partial charge in [0.2, 0.25) is 0 Å². The molecule has 0 unspecified atom stereocenters. The van der Waals surface area contributed by atoms with E-state index in [1.165, 1.54) is 7.11 Å². The number of unbranched alkanes of at least 4 members (excludes halogenated alkanes) is 1. The van der Waals surface area contributed by atoms with Crippen LogP contribution in [-0.4, -0.2) is 74.7 Å². The Morgan fingerprint density at radius 3 is 2.30 bits per heavy atom. The van der Waals surface area contributed by atoms with Crippen molar-refractivity contribution >= 4 is 11.9 Å². The van der Waals surface area contributed by atoms with Crippen LogP contribution >= 0.6 is 0 Å². The van der Waals surface area contributed by atoms with Gasteiger partial charge in [-0.1, -0.05) is 13.3 Å². The molecule has 0 aromatic rings. The Kier molecular flexibility index (Phi) is 8.22. The van der Waals surface area contributed by atoms with Crippen LogP contribution in [0.4, 0.5) is 0 Å². The van der Waals surface area contributed by atoms with Crippen molar-refractivity contribution in [1.29, 1.82) is 0 Å². The van der Waals surface area contributed by atoms with E-state index in [1.54, 1.807) is 0 Å². The number of esters is 2. The van der Waals surface area contributed by atoms with Gasteiger partial charge in [0.25, 0.3) is 0 Å². The monoisotopic (exact) mass is 286 g/mol. The molecule has 0 aromatic heterocycles. The van der Waals surface area contributed by atoms with Crippen LogP contribution in [0, 0.1) is 0 Å². The summed E-state index contributed by atoms with van der Waals surface area (Å²) in [4.78, 5) is 27.0. The number of hydrogen-bond acceptors (Lipinski definition) is 6. The molecule has 116 valence electrons. The van der Waals surface area contributed by atoms with Gasteiger partial charge in [-0.3, -0.25) is 14.5 Å². The molecule has 0 N–H and O–H groups in total. The zero-order valence-electron chi connectivity index (χ0n) is 12.6. The molecule has 1 fully saturated rings. The number of rotatable bonds is 8. The second kappa shape index (κ2) is 9.72. The fourth-order valence-corrected chi connectivity index (χ4v) is 2.08. The summed E-state index contributed by atoms with van der Waals surface area (Å²) in [6.07, 6.45) is 2.38. The van der Waals surface area contributed by atoms with Gasteiger partial charge in [0.05, 0.1) is 26.7 Å². The van der Waals surface area contributed by atoms with E-state index in [4.69, 9.17) is 4.74 Å². The van der Waals surface area contributed by atoms with E-state index in [2.05, 4.69) is 21.5 Å². The van der Waals surface area contributed by atoms with Crippen LogP contribution in [0.25, 0.3) is 0 Å². The van der Waals surface area contributed by atoms with Gasteiger partial charge < -0.3 is 14.4 Å². The summed E-state index contributed by atoms with van der Waals surface area (Å²) in [6, 6.07) is 0.